The number of fused-ring (bicyclic) bond motifs is 1. The molecule has 1 saturated carbocycles. The quantitative estimate of drug-likeness (QED) is 0.412. The number of aryl methyl sites for hydroxylation is 3. The van der Waals surface area contributed by atoms with Crippen LogP contribution in [0.5, 0.6) is 0 Å². The lowest BCUT2D eigenvalue weighted by atomic mass is 9.81. The van der Waals surface area contributed by atoms with E-state index in [-0.39, 0.29) is 30.3 Å². The van der Waals surface area contributed by atoms with Gasteiger partial charge in [-0.3, -0.25) is 9.59 Å². The summed E-state index contributed by atoms with van der Waals surface area (Å²) in [7, 11) is 0. The largest absolute Gasteiger partial charge is 0.388 e. The summed E-state index contributed by atoms with van der Waals surface area (Å²) in [5, 5.41) is 11.4. The maximum absolute atomic E-state index is 12.9. The van der Waals surface area contributed by atoms with Crippen molar-refractivity contribution in [1.82, 2.24) is 0 Å². The summed E-state index contributed by atoms with van der Waals surface area (Å²) < 4.78 is 0. The predicted molar refractivity (Wildman–Crippen MR) is 132 cm³/mol. The van der Waals surface area contributed by atoms with E-state index in [1.807, 2.05) is 31.2 Å². The Morgan fingerprint density at radius 1 is 0.909 bits per heavy atom. The van der Waals surface area contributed by atoms with Gasteiger partial charge in [0.15, 0.2) is 5.78 Å². The minimum Gasteiger partial charge on any atom is -0.388 e. The smallest absolute Gasteiger partial charge is 0.163 e. The second kappa shape index (κ2) is 11.2. The van der Waals surface area contributed by atoms with Crippen molar-refractivity contribution in [3.05, 3.63) is 70.3 Å². The van der Waals surface area contributed by atoms with Gasteiger partial charge >= 0.3 is 0 Å². The Kier molecular flexibility index (Phi) is 8.14. The third kappa shape index (κ3) is 6.41. The maximum Gasteiger partial charge on any atom is 0.163 e. The minimum absolute atomic E-state index is 0.0194. The summed E-state index contributed by atoms with van der Waals surface area (Å²) in [5.41, 5.74) is 5.53. The fourth-order valence-electron chi connectivity index (χ4n) is 5.74. The highest BCUT2D eigenvalue weighted by Crippen LogP contribution is 2.38. The number of benzene rings is 2. The highest BCUT2D eigenvalue weighted by Gasteiger charge is 2.29. The van der Waals surface area contributed by atoms with E-state index in [4.69, 9.17) is 0 Å². The van der Waals surface area contributed by atoms with E-state index in [0.717, 1.165) is 30.4 Å². The number of ketones is 2. The van der Waals surface area contributed by atoms with Crippen molar-refractivity contribution in [3.8, 4) is 0 Å². The summed E-state index contributed by atoms with van der Waals surface area (Å²) in [4.78, 5) is 25.4. The first-order chi connectivity index (χ1) is 16.0. The van der Waals surface area contributed by atoms with E-state index in [9.17, 15) is 14.7 Å². The number of hydrogen-bond donors (Lipinski definition) is 1. The molecule has 0 unspecified atom stereocenters. The van der Waals surface area contributed by atoms with Gasteiger partial charge in [0.2, 0.25) is 0 Å². The predicted octanol–water partition coefficient (Wildman–Crippen LogP) is 6.73. The van der Waals surface area contributed by atoms with Crippen molar-refractivity contribution in [2.24, 2.45) is 11.8 Å². The van der Waals surface area contributed by atoms with Crippen molar-refractivity contribution in [2.45, 2.75) is 90.1 Å². The van der Waals surface area contributed by atoms with Crippen LogP contribution in [0, 0.1) is 18.8 Å². The van der Waals surface area contributed by atoms with Gasteiger partial charge in [0.1, 0.15) is 5.78 Å². The molecule has 2 aliphatic rings. The Hall–Kier alpha value is -2.26. The van der Waals surface area contributed by atoms with Crippen molar-refractivity contribution < 1.29 is 14.7 Å². The Morgan fingerprint density at radius 3 is 2.33 bits per heavy atom. The monoisotopic (exact) mass is 446 g/mol. The van der Waals surface area contributed by atoms with Gasteiger partial charge in [-0.15, -0.1) is 0 Å². The molecule has 0 radical (unpaired) electrons. The second-order valence-corrected chi connectivity index (χ2v) is 10.4. The summed E-state index contributed by atoms with van der Waals surface area (Å²) >= 11 is 0. The van der Waals surface area contributed by atoms with Crippen LogP contribution in [0.25, 0.3) is 0 Å². The van der Waals surface area contributed by atoms with Crippen molar-refractivity contribution in [2.75, 3.05) is 0 Å². The van der Waals surface area contributed by atoms with E-state index in [2.05, 4.69) is 18.2 Å². The number of carbonyl (C=O) groups excluding carboxylic acids is 2. The van der Waals surface area contributed by atoms with E-state index in [1.165, 1.54) is 49.7 Å². The molecule has 0 aromatic heterocycles. The van der Waals surface area contributed by atoms with Gasteiger partial charge in [-0.25, -0.2) is 0 Å². The third-order valence-electron chi connectivity index (χ3n) is 7.77. The first kappa shape index (κ1) is 23.9. The molecule has 1 fully saturated rings. The van der Waals surface area contributed by atoms with Crippen LogP contribution in [0.3, 0.4) is 0 Å². The molecule has 176 valence electrons. The van der Waals surface area contributed by atoms with Crippen LogP contribution in [0.2, 0.25) is 0 Å². The minimum atomic E-state index is -0.616. The summed E-state index contributed by atoms with van der Waals surface area (Å²) in [6, 6.07) is 14.0. The SMILES string of the molecule is Cc1ccc(C(=O)CCC(=O)C[C@H](CC2CCCC2)[C@H](O)c2ccc3c(c2)CCCC3)cc1. The topological polar surface area (TPSA) is 54.4 Å². The molecular weight excluding hydrogens is 408 g/mol. The molecule has 2 aromatic rings. The van der Waals surface area contributed by atoms with E-state index < -0.39 is 6.10 Å². The fraction of sp³-hybridized carbons (Fsp3) is 0.533. The van der Waals surface area contributed by atoms with E-state index >= 15 is 0 Å². The molecule has 4 rings (SSSR count). The molecule has 0 saturated heterocycles. The Balaban J connectivity index is 1.40. The molecule has 2 aliphatic carbocycles. The fourth-order valence-corrected chi connectivity index (χ4v) is 5.74. The molecular formula is C30H38O3. The van der Waals surface area contributed by atoms with Crippen LogP contribution in [0.15, 0.2) is 42.5 Å². The molecule has 3 heteroatoms. The van der Waals surface area contributed by atoms with Crippen LogP contribution in [-0.4, -0.2) is 16.7 Å². The van der Waals surface area contributed by atoms with Gasteiger partial charge in [0, 0.05) is 24.8 Å². The van der Waals surface area contributed by atoms with Crippen LogP contribution in [0.4, 0.5) is 0 Å². The lowest BCUT2D eigenvalue weighted by Gasteiger charge is -2.27. The number of Topliss-reactive ketones (excluding diaryl/α,β-unsaturated/α-hetero) is 2. The average Bonchev–Trinajstić information content (AvgIpc) is 3.35. The Morgan fingerprint density at radius 2 is 1.61 bits per heavy atom. The van der Waals surface area contributed by atoms with Gasteiger partial charge in [-0.1, -0.05) is 73.7 Å². The zero-order valence-corrected chi connectivity index (χ0v) is 20.0. The van der Waals surface area contributed by atoms with Gasteiger partial charge in [-0.2, -0.15) is 0 Å². The molecule has 0 amide bonds. The number of aliphatic hydroxyl groups excluding tert-OH is 1. The zero-order valence-electron chi connectivity index (χ0n) is 20.0. The van der Waals surface area contributed by atoms with E-state index in [1.54, 1.807) is 0 Å². The van der Waals surface area contributed by atoms with E-state index in [0.29, 0.717) is 17.9 Å². The van der Waals surface area contributed by atoms with Crippen LogP contribution >= 0.6 is 0 Å². The number of carbonyl (C=O) groups is 2. The van der Waals surface area contributed by atoms with Gasteiger partial charge in [0.05, 0.1) is 6.10 Å². The molecule has 33 heavy (non-hydrogen) atoms. The normalized spacial score (nSPS) is 18.0. The molecule has 0 spiro atoms. The molecule has 1 N–H and O–H groups in total. The molecule has 2 aromatic carbocycles. The second-order valence-electron chi connectivity index (χ2n) is 10.4. The number of rotatable bonds is 10. The average molecular weight is 447 g/mol. The van der Waals surface area contributed by atoms with Crippen LogP contribution < -0.4 is 0 Å². The number of aliphatic hydroxyl groups is 1. The highest BCUT2D eigenvalue weighted by atomic mass is 16.3. The van der Waals surface area contributed by atoms with Gasteiger partial charge in [0.25, 0.3) is 0 Å². The van der Waals surface area contributed by atoms with Crippen LogP contribution in [0.1, 0.15) is 103 Å². The molecule has 2 atom stereocenters. The first-order valence-electron chi connectivity index (χ1n) is 12.9. The third-order valence-corrected chi connectivity index (χ3v) is 7.77. The standard InChI is InChI=1S/C30H38O3/c1-21-10-12-24(13-11-21)29(32)17-16-28(31)20-27(18-22-6-2-3-7-22)30(33)26-15-14-23-8-4-5-9-25(23)19-26/h10-15,19,22,27,30,33H,2-9,16-18,20H2,1H3/t27-,30+/m0/s1. The molecule has 3 nitrogen and oxygen atoms in total. The zero-order chi connectivity index (χ0) is 23.2. The van der Waals surface area contributed by atoms with Crippen molar-refractivity contribution in [1.29, 1.82) is 0 Å². The first-order valence-corrected chi connectivity index (χ1v) is 12.9. The summed E-state index contributed by atoms with van der Waals surface area (Å²) in [6.45, 7) is 2.00. The van der Waals surface area contributed by atoms with Crippen LogP contribution in [-0.2, 0) is 17.6 Å². The maximum atomic E-state index is 12.9. The molecule has 0 heterocycles. The van der Waals surface area contributed by atoms with Gasteiger partial charge in [-0.05, 0) is 67.6 Å². The number of hydrogen-bond acceptors (Lipinski definition) is 3. The summed E-state index contributed by atoms with van der Waals surface area (Å²) in [6.07, 6.45) is 10.7. The highest BCUT2D eigenvalue weighted by molar-refractivity contribution is 5.98. The lowest BCUT2D eigenvalue weighted by Crippen LogP contribution is -2.20. The van der Waals surface area contributed by atoms with Crippen molar-refractivity contribution in [3.63, 3.8) is 0 Å². The lowest BCUT2D eigenvalue weighted by molar-refractivity contribution is -0.121. The molecule has 0 aliphatic heterocycles. The molecule has 0 bridgehead atoms. The summed E-state index contributed by atoms with van der Waals surface area (Å²) in [5.74, 6) is 0.641. The van der Waals surface area contributed by atoms with Gasteiger partial charge < -0.3 is 5.11 Å². The Labute approximate surface area is 198 Å². The Bertz CT molecular complexity index is 953. The van der Waals surface area contributed by atoms with Crippen molar-refractivity contribution >= 4 is 11.6 Å².